The fourth-order valence-electron chi connectivity index (χ4n) is 3.73. The number of hydrogen-bond acceptors (Lipinski definition) is 4. The van der Waals surface area contributed by atoms with E-state index < -0.39 is 0 Å². The molecule has 108 valence electrons. The van der Waals surface area contributed by atoms with E-state index in [4.69, 9.17) is 10.6 Å². The number of rotatable bonds is 5. The Bertz CT molecular complexity index is 322. The maximum Gasteiger partial charge on any atom is 0.0594 e. The van der Waals surface area contributed by atoms with Gasteiger partial charge in [-0.2, -0.15) is 0 Å². The summed E-state index contributed by atoms with van der Waals surface area (Å²) in [6.45, 7) is 5.69. The molecule has 0 amide bonds. The predicted octanol–water partition coefficient (Wildman–Crippen LogP) is 1.27. The van der Waals surface area contributed by atoms with Crippen molar-refractivity contribution in [3.63, 3.8) is 0 Å². The first kappa shape index (κ1) is 14.8. The van der Waals surface area contributed by atoms with Crippen LogP contribution in [-0.2, 0) is 4.74 Å². The first-order chi connectivity index (χ1) is 9.33. The summed E-state index contributed by atoms with van der Waals surface area (Å²) in [6, 6.07) is 0.342. The van der Waals surface area contributed by atoms with Gasteiger partial charge in [-0.05, 0) is 26.2 Å². The Kier molecular flexibility index (Phi) is 5.65. The minimum atomic E-state index is 0.230. The first-order valence-corrected chi connectivity index (χ1v) is 7.52. The monoisotopic (exact) mass is 265 g/mol. The van der Waals surface area contributed by atoms with E-state index in [2.05, 4.69) is 22.2 Å². The molecule has 2 rings (SSSR count). The van der Waals surface area contributed by atoms with Gasteiger partial charge in [0, 0.05) is 31.1 Å². The highest BCUT2D eigenvalue weighted by atomic mass is 16.5. The fraction of sp³-hybridized carbons (Fsp3) is 0.867. The summed E-state index contributed by atoms with van der Waals surface area (Å²) in [6.07, 6.45) is 7.10. The smallest absolute Gasteiger partial charge is 0.0594 e. The van der Waals surface area contributed by atoms with Gasteiger partial charge in [0.25, 0.3) is 0 Å². The molecule has 0 aromatic carbocycles. The van der Waals surface area contributed by atoms with Crippen molar-refractivity contribution in [3.05, 3.63) is 0 Å². The van der Waals surface area contributed by atoms with Gasteiger partial charge in [0.15, 0.2) is 0 Å². The van der Waals surface area contributed by atoms with Crippen molar-refractivity contribution < 1.29 is 4.74 Å². The Morgan fingerprint density at radius 3 is 2.58 bits per heavy atom. The zero-order valence-electron chi connectivity index (χ0n) is 12.1. The molecule has 1 unspecified atom stereocenters. The van der Waals surface area contributed by atoms with Crippen LogP contribution in [0.15, 0.2) is 0 Å². The molecule has 1 saturated carbocycles. The summed E-state index contributed by atoms with van der Waals surface area (Å²) in [5, 5.41) is 0. The van der Waals surface area contributed by atoms with Crippen molar-refractivity contribution in [2.75, 3.05) is 26.3 Å². The van der Waals surface area contributed by atoms with Gasteiger partial charge in [0.2, 0.25) is 0 Å². The van der Waals surface area contributed by atoms with Crippen LogP contribution in [0.25, 0.3) is 0 Å². The Labute approximate surface area is 117 Å². The molecule has 2 fully saturated rings. The third kappa shape index (κ3) is 3.29. The number of hydrogen-bond donors (Lipinski definition) is 2. The number of nitrogens with one attached hydrogen (secondary N) is 1. The highest BCUT2D eigenvalue weighted by molar-refractivity contribution is 5.05. The lowest BCUT2D eigenvalue weighted by Gasteiger charge is -2.48. The lowest BCUT2D eigenvalue weighted by Crippen LogP contribution is -2.63. The molecule has 19 heavy (non-hydrogen) atoms. The molecular formula is C15H27N3O. The van der Waals surface area contributed by atoms with E-state index in [0.29, 0.717) is 6.04 Å². The molecule has 2 aliphatic rings. The highest BCUT2D eigenvalue weighted by Gasteiger charge is 2.45. The predicted molar refractivity (Wildman–Crippen MR) is 77.4 cm³/mol. The fourth-order valence-corrected chi connectivity index (χ4v) is 3.73. The van der Waals surface area contributed by atoms with Crippen LogP contribution in [0.1, 0.15) is 45.4 Å². The van der Waals surface area contributed by atoms with Crippen LogP contribution < -0.4 is 11.3 Å². The summed E-state index contributed by atoms with van der Waals surface area (Å²) in [4.78, 5) is 2.62. The lowest BCUT2D eigenvalue weighted by molar-refractivity contribution is -0.0367. The van der Waals surface area contributed by atoms with Gasteiger partial charge in [-0.3, -0.25) is 16.2 Å². The van der Waals surface area contributed by atoms with Gasteiger partial charge in [-0.25, -0.2) is 0 Å². The normalized spacial score (nSPS) is 24.7. The minimum Gasteiger partial charge on any atom is -0.379 e. The maximum atomic E-state index is 5.87. The zero-order chi connectivity index (χ0) is 13.6. The first-order valence-electron chi connectivity index (χ1n) is 7.52. The molecule has 0 spiro atoms. The van der Waals surface area contributed by atoms with E-state index >= 15 is 0 Å². The number of ether oxygens (including phenoxy) is 1. The second-order valence-corrected chi connectivity index (χ2v) is 5.59. The molecule has 0 bridgehead atoms. The molecule has 4 heteroatoms. The average molecular weight is 265 g/mol. The van der Waals surface area contributed by atoms with Crippen LogP contribution in [0.4, 0.5) is 0 Å². The van der Waals surface area contributed by atoms with Gasteiger partial charge >= 0.3 is 0 Å². The molecule has 1 atom stereocenters. The van der Waals surface area contributed by atoms with Crippen LogP contribution in [0.2, 0.25) is 0 Å². The van der Waals surface area contributed by atoms with Gasteiger partial charge in [-0.15, -0.1) is 11.8 Å². The summed E-state index contributed by atoms with van der Waals surface area (Å²) in [5.41, 5.74) is 3.32. The van der Waals surface area contributed by atoms with Gasteiger partial charge in [-0.1, -0.05) is 12.8 Å². The second kappa shape index (κ2) is 7.25. The van der Waals surface area contributed by atoms with Crippen LogP contribution in [0.5, 0.6) is 0 Å². The maximum absolute atomic E-state index is 5.87. The molecule has 1 aliphatic heterocycles. The van der Waals surface area contributed by atoms with E-state index in [9.17, 15) is 0 Å². The van der Waals surface area contributed by atoms with Crippen LogP contribution in [0.3, 0.4) is 0 Å². The third-order valence-corrected chi connectivity index (χ3v) is 4.69. The van der Waals surface area contributed by atoms with Gasteiger partial charge < -0.3 is 4.74 Å². The molecule has 0 radical (unpaired) electrons. The Hall–Kier alpha value is -0.600. The van der Waals surface area contributed by atoms with Gasteiger partial charge in [0.1, 0.15) is 0 Å². The Morgan fingerprint density at radius 1 is 1.32 bits per heavy atom. The van der Waals surface area contributed by atoms with Crippen molar-refractivity contribution in [2.24, 2.45) is 5.84 Å². The molecule has 1 saturated heterocycles. The molecular weight excluding hydrogens is 238 g/mol. The summed E-state index contributed by atoms with van der Waals surface area (Å²) >= 11 is 0. The van der Waals surface area contributed by atoms with Crippen LogP contribution in [-0.4, -0.2) is 42.8 Å². The quantitative estimate of drug-likeness (QED) is 0.446. The number of hydrazine groups is 1. The third-order valence-electron chi connectivity index (χ3n) is 4.69. The summed E-state index contributed by atoms with van der Waals surface area (Å²) in [7, 11) is 0. The van der Waals surface area contributed by atoms with Gasteiger partial charge in [0.05, 0.1) is 13.2 Å². The van der Waals surface area contributed by atoms with E-state index in [-0.39, 0.29) is 5.54 Å². The molecule has 1 aliphatic carbocycles. The second-order valence-electron chi connectivity index (χ2n) is 5.59. The Morgan fingerprint density at radius 2 is 2.00 bits per heavy atom. The lowest BCUT2D eigenvalue weighted by atomic mass is 9.83. The van der Waals surface area contributed by atoms with Crippen molar-refractivity contribution in [1.29, 1.82) is 0 Å². The number of nitrogens with zero attached hydrogens (tertiary/aromatic N) is 1. The molecule has 3 N–H and O–H groups in total. The summed E-state index contributed by atoms with van der Waals surface area (Å²) < 4.78 is 5.50. The molecule has 0 aromatic rings. The number of morpholine rings is 1. The Balaban J connectivity index is 2.08. The molecule has 4 nitrogen and oxygen atoms in total. The van der Waals surface area contributed by atoms with E-state index in [1.165, 1.54) is 25.7 Å². The highest BCUT2D eigenvalue weighted by Crippen LogP contribution is 2.39. The van der Waals surface area contributed by atoms with Crippen LogP contribution >= 0.6 is 0 Å². The minimum absolute atomic E-state index is 0.230. The van der Waals surface area contributed by atoms with Crippen molar-refractivity contribution in [1.82, 2.24) is 10.3 Å². The van der Waals surface area contributed by atoms with Crippen molar-refractivity contribution in [3.8, 4) is 11.8 Å². The van der Waals surface area contributed by atoms with E-state index in [1.54, 1.807) is 0 Å². The SMILES string of the molecule is CC#CCCC(NN)C1(N2CCOCC2)CCCC1. The largest absolute Gasteiger partial charge is 0.379 e. The number of nitrogens with two attached hydrogens (primary N) is 1. The van der Waals surface area contributed by atoms with E-state index in [0.717, 1.165) is 39.1 Å². The average Bonchev–Trinajstić information content (AvgIpc) is 2.95. The van der Waals surface area contributed by atoms with E-state index in [1.807, 2.05) is 6.92 Å². The van der Waals surface area contributed by atoms with Crippen molar-refractivity contribution in [2.45, 2.75) is 57.0 Å². The standard InChI is InChI=1S/C15H27N3O/c1-2-3-4-7-14(17-16)15(8-5-6-9-15)18-10-12-19-13-11-18/h14,17H,4-13,16H2,1H3. The molecule has 0 aromatic heterocycles. The van der Waals surface area contributed by atoms with Crippen molar-refractivity contribution >= 4 is 0 Å². The summed E-state index contributed by atoms with van der Waals surface area (Å²) in [5.74, 6) is 12.0. The van der Waals surface area contributed by atoms with Crippen LogP contribution in [0, 0.1) is 11.8 Å². The topological polar surface area (TPSA) is 50.5 Å². The zero-order valence-corrected chi connectivity index (χ0v) is 12.1. The molecule has 1 heterocycles.